The molecule has 162 valence electrons. The van der Waals surface area contributed by atoms with Gasteiger partial charge in [-0.15, -0.1) is 0 Å². The maximum atomic E-state index is 11.6. The van der Waals surface area contributed by atoms with Gasteiger partial charge in [0.2, 0.25) is 0 Å². The van der Waals surface area contributed by atoms with Crippen LogP contribution in [0.25, 0.3) is 10.6 Å². The molecule has 3 aromatic rings. The van der Waals surface area contributed by atoms with Crippen molar-refractivity contribution in [1.29, 1.82) is 0 Å². The molecule has 0 bridgehead atoms. The number of pyridine rings is 2. The summed E-state index contributed by atoms with van der Waals surface area (Å²) in [6, 6.07) is 9.81. The number of piperidine rings is 1. The molecule has 0 amide bonds. The third-order valence-corrected chi connectivity index (χ3v) is 7.08. The molecule has 0 spiro atoms. The molecule has 3 aromatic heterocycles. The van der Waals surface area contributed by atoms with Crippen molar-refractivity contribution in [2.45, 2.75) is 33.6 Å². The van der Waals surface area contributed by atoms with Crippen molar-refractivity contribution >= 4 is 34.1 Å². The van der Waals surface area contributed by atoms with Crippen LogP contribution in [-0.2, 0) is 4.79 Å². The van der Waals surface area contributed by atoms with Crippen LogP contribution < -0.4 is 10.2 Å². The van der Waals surface area contributed by atoms with E-state index in [1.54, 1.807) is 17.5 Å². The van der Waals surface area contributed by atoms with Crippen LogP contribution in [0.5, 0.6) is 0 Å². The zero-order valence-electron chi connectivity index (χ0n) is 18.0. The van der Waals surface area contributed by atoms with Gasteiger partial charge in [0.1, 0.15) is 11.6 Å². The fourth-order valence-electron chi connectivity index (χ4n) is 3.87. The molecule has 1 fully saturated rings. The molecule has 0 saturated carbocycles. The first-order valence-corrected chi connectivity index (χ1v) is 11.3. The summed E-state index contributed by atoms with van der Waals surface area (Å²) in [4.78, 5) is 28.5. The number of aryl methyl sites for hydroxylation is 1. The van der Waals surface area contributed by atoms with E-state index in [1.807, 2.05) is 57.3 Å². The number of hydrogen-bond donors (Lipinski definition) is 2. The molecule has 1 aliphatic heterocycles. The second-order valence-corrected chi connectivity index (χ2v) is 9.56. The maximum Gasteiger partial charge on any atom is 0.309 e. The summed E-state index contributed by atoms with van der Waals surface area (Å²) in [5.41, 5.74) is 1.31. The minimum atomic E-state index is -0.720. The van der Waals surface area contributed by atoms with Gasteiger partial charge in [-0.3, -0.25) is 4.79 Å². The van der Waals surface area contributed by atoms with Crippen molar-refractivity contribution in [3.05, 3.63) is 48.3 Å². The number of anilines is 3. The lowest BCUT2D eigenvalue weighted by atomic mass is 9.74. The Morgan fingerprint density at radius 3 is 2.68 bits per heavy atom. The number of nitrogens with zero attached hydrogens (tertiary/aromatic N) is 4. The van der Waals surface area contributed by atoms with Gasteiger partial charge in [-0.25, -0.2) is 15.0 Å². The monoisotopic (exact) mass is 437 g/mol. The third kappa shape index (κ3) is 4.69. The summed E-state index contributed by atoms with van der Waals surface area (Å²) in [6.45, 7) is 7.33. The number of rotatable bonds is 6. The number of aliphatic carboxylic acids is 1. The summed E-state index contributed by atoms with van der Waals surface area (Å²) in [5.74, 6) is 0.965. The molecule has 0 aliphatic carbocycles. The molecule has 1 saturated heterocycles. The SMILES string of the molecule is Cc1ccnc(Nc2cccc(-c3cnc(N4CCC(C(C)(C)C(=O)O)CC4)s3)n2)c1. The van der Waals surface area contributed by atoms with E-state index in [0.717, 1.165) is 58.8 Å². The Bertz CT molecular complexity index is 1070. The zero-order chi connectivity index (χ0) is 22.0. The molecule has 1 aliphatic rings. The number of carboxylic acids is 1. The molecule has 4 rings (SSSR count). The number of nitrogens with one attached hydrogen (secondary N) is 1. The highest BCUT2D eigenvalue weighted by Crippen LogP contribution is 2.38. The van der Waals surface area contributed by atoms with Gasteiger partial charge in [-0.2, -0.15) is 0 Å². The Morgan fingerprint density at radius 2 is 1.97 bits per heavy atom. The van der Waals surface area contributed by atoms with Gasteiger partial charge >= 0.3 is 5.97 Å². The quantitative estimate of drug-likeness (QED) is 0.562. The van der Waals surface area contributed by atoms with Crippen LogP contribution in [0.3, 0.4) is 0 Å². The fraction of sp³-hybridized carbons (Fsp3) is 0.391. The molecule has 8 heteroatoms. The van der Waals surface area contributed by atoms with Crippen molar-refractivity contribution in [2.24, 2.45) is 11.3 Å². The average molecular weight is 438 g/mol. The molecular formula is C23H27N5O2S. The van der Waals surface area contributed by atoms with E-state index in [-0.39, 0.29) is 5.92 Å². The Hall–Kier alpha value is -3.00. The minimum absolute atomic E-state index is 0.181. The largest absolute Gasteiger partial charge is 0.481 e. The lowest BCUT2D eigenvalue weighted by molar-refractivity contribution is -0.150. The van der Waals surface area contributed by atoms with Crippen LogP contribution in [-0.4, -0.2) is 39.1 Å². The van der Waals surface area contributed by atoms with E-state index < -0.39 is 11.4 Å². The highest BCUT2D eigenvalue weighted by Gasteiger charge is 2.38. The summed E-state index contributed by atoms with van der Waals surface area (Å²) in [5, 5.41) is 13.7. The predicted molar refractivity (Wildman–Crippen MR) is 124 cm³/mol. The molecule has 0 atom stereocenters. The topological polar surface area (TPSA) is 91.2 Å². The number of thiazole rings is 1. The maximum absolute atomic E-state index is 11.6. The molecule has 4 heterocycles. The lowest BCUT2D eigenvalue weighted by Gasteiger charge is -2.38. The van der Waals surface area contributed by atoms with Crippen LogP contribution in [0, 0.1) is 18.3 Å². The summed E-state index contributed by atoms with van der Waals surface area (Å²) in [7, 11) is 0. The van der Waals surface area contributed by atoms with Crippen molar-refractivity contribution < 1.29 is 9.90 Å². The Balaban J connectivity index is 1.44. The first-order valence-electron chi connectivity index (χ1n) is 10.4. The van der Waals surface area contributed by atoms with E-state index in [1.165, 1.54) is 0 Å². The van der Waals surface area contributed by atoms with Gasteiger partial charge < -0.3 is 15.3 Å². The summed E-state index contributed by atoms with van der Waals surface area (Å²) < 4.78 is 0. The van der Waals surface area contributed by atoms with Crippen molar-refractivity contribution in [2.75, 3.05) is 23.3 Å². The van der Waals surface area contributed by atoms with Gasteiger partial charge in [0.15, 0.2) is 5.13 Å². The molecule has 0 unspecified atom stereocenters. The van der Waals surface area contributed by atoms with Gasteiger partial charge in [-0.05, 0) is 69.4 Å². The second-order valence-electron chi connectivity index (χ2n) is 8.55. The van der Waals surface area contributed by atoms with Crippen LogP contribution in [0.2, 0.25) is 0 Å². The number of carbonyl (C=O) groups is 1. The van der Waals surface area contributed by atoms with E-state index in [4.69, 9.17) is 4.98 Å². The summed E-state index contributed by atoms with van der Waals surface area (Å²) in [6.07, 6.45) is 5.35. The van der Waals surface area contributed by atoms with Gasteiger partial charge in [0.05, 0.1) is 16.0 Å². The highest BCUT2D eigenvalue weighted by atomic mass is 32.1. The van der Waals surface area contributed by atoms with Crippen LogP contribution in [0.4, 0.5) is 16.8 Å². The van der Waals surface area contributed by atoms with Gasteiger partial charge in [0, 0.05) is 25.5 Å². The first kappa shape index (κ1) is 21.2. The zero-order valence-corrected chi connectivity index (χ0v) is 18.8. The average Bonchev–Trinajstić information content (AvgIpc) is 3.24. The second kappa shape index (κ2) is 8.63. The molecule has 0 aromatic carbocycles. The van der Waals surface area contributed by atoms with E-state index in [2.05, 4.69) is 20.2 Å². The lowest BCUT2D eigenvalue weighted by Crippen LogP contribution is -2.42. The van der Waals surface area contributed by atoms with Crippen LogP contribution >= 0.6 is 11.3 Å². The Kier molecular flexibility index (Phi) is 5.91. The normalized spacial score (nSPS) is 15.1. The summed E-state index contributed by atoms with van der Waals surface area (Å²) >= 11 is 1.62. The molecule has 31 heavy (non-hydrogen) atoms. The molecule has 0 radical (unpaired) electrons. The van der Waals surface area contributed by atoms with Crippen molar-refractivity contribution in [3.8, 4) is 10.6 Å². The number of aromatic nitrogens is 3. The fourth-order valence-corrected chi connectivity index (χ4v) is 4.81. The first-order chi connectivity index (χ1) is 14.8. The van der Waals surface area contributed by atoms with Crippen LogP contribution in [0.1, 0.15) is 32.3 Å². The predicted octanol–water partition coefficient (Wildman–Crippen LogP) is 4.98. The molecule has 7 nitrogen and oxygen atoms in total. The van der Waals surface area contributed by atoms with Crippen molar-refractivity contribution in [1.82, 2.24) is 15.0 Å². The third-order valence-electron chi connectivity index (χ3n) is 6.00. The highest BCUT2D eigenvalue weighted by molar-refractivity contribution is 7.18. The Labute approximate surface area is 186 Å². The van der Waals surface area contributed by atoms with E-state index in [0.29, 0.717) is 0 Å². The molecular weight excluding hydrogens is 410 g/mol. The standard InChI is InChI=1S/C23H27N5O2S/c1-15-7-10-24-20(13-15)27-19-6-4-5-17(26-19)18-14-25-22(31-18)28-11-8-16(9-12-28)23(2,3)21(29)30/h4-7,10,13-14,16H,8-9,11-12H2,1-3H3,(H,29,30)(H,24,26,27). The minimum Gasteiger partial charge on any atom is -0.481 e. The van der Waals surface area contributed by atoms with Gasteiger partial charge in [-0.1, -0.05) is 17.4 Å². The van der Waals surface area contributed by atoms with Crippen LogP contribution in [0.15, 0.2) is 42.7 Å². The smallest absolute Gasteiger partial charge is 0.309 e. The van der Waals surface area contributed by atoms with Crippen molar-refractivity contribution in [3.63, 3.8) is 0 Å². The number of hydrogen-bond acceptors (Lipinski definition) is 7. The van der Waals surface area contributed by atoms with E-state index >= 15 is 0 Å². The number of carboxylic acid groups (broad SMARTS) is 1. The molecule has 2 N–H and O–H groups in total. The van der Waals surface area contributed by atoms with Gasteiger partial charge in [0.25, 0.3) is 0 Å². The van der Waals surface area contributed by atoms with E-state index in [9.17, 15) is 9.90 Å². The Morgan fingerprint density at radius 1 is 1.19 bits per heavy atom.